The molecule has 0 fully saturated rings. The van der Waals surface area contributed by atoms with Crippen LogP contribution in [0.4, 0.5) is 0 Å². The van der Waals surface area contributed by atoms with Crippen molar-refractivity contribution in [3.8, 4) is 5.69 Å². The fraction of sp³-hybridized carbons (Fsp3) is 0.286. The predicted molar refractivity (Wildman–Crippen MR) is 116 cm³/mol. The smallest absolute Gasteiger partial charge is 0.233 e. The van der Waals surface area contributed by atoms with E-state index >= 15 is 0 Å². The van der Waals surface area contributed by atoms with Gasteiger partial charge in [-0.25, -0.2) is 4.98 Å². The Kier molecular flexibility index (Phi) is 5.80. The van der Waals surface area contributed by atoms with Crippen LogP contribution in [-0.2, 0) is 4.79 Å². The summed E-state index contributed by atoms with van der Waals surface area (Å²) in [7, 11) is 0. The van der Waals surface area contributed by atoms with Crippen LogP contribution in [0.15, 0.2) is 59.8 Å². The second-order valence-electron chi connectivity index (χ2n) is 7.34. The number of nitrogens with zero attached hydrogens (tertiary/aromatic N) is 5. The average molecular weight is 422 g/mol. The van der Waals surface area contributed by atoms with Crippen LogP contribution in [0.25, 0.3) is 16.7 Å². The second-order valence-corrected chi connectivity index (χ2v) is 8.65. The lowest BCUT2D eigenvalue weighted by atomic mass is 10.0. The van der Waals surface area contributed by atoms with Crippen LogP contribution >= 0.6 is 11.8 Å². The van der Waals surface area contributed by atoms with E-state index < -0.39 is 0 Å². The molecule has 4 rings (SSSR count). The third-order valence-electron chi connectivity index (χ3n) is 4.76. The van der Waals surface area contributed by atoms with Gasteiger partial charge in [-0.05, 0) is 47.5 Å². The molecule has 2 heterocycles. The molecule has 0 saturated carbocycles. The summed E-state index contributed by atoms with van der Waals surface area (Å²) in [6, 6.07) is 17.2. The van der Waals surface area contributed by atoms with E-state index in [4.69, 9.17) is 0 Å². The molecule has 0 unspecified atom stereocenters. The summed E-state index contributed by atoms with van der Waals surface area (Å²) >= 11 is 1.32. The number of tetrazole rings is 1. The summed E-state index contributed by atoms with van der Waals surface area (Å²) in [5, 5.41) is 15.2. The first-order valence-electron chi connectivity index (χ1n) is 9.78. The van der Waals surface area contributed by atoms with Gasteiger partial charge in [-0.15, -0.1) is 5.10 Å². The number of H-pyrrole nitrogens is 1. The van der Waals surface area contributed by atoms with Gasteiger partial charge in [0.2, 0.25) is 11.1 Å². The first kappa shape index (κ1) is 20.1. The molecular formula is C21H23N7OS. The van der Waals surface area contributed by atoms with Gasteiger partial charge in [0.1, 0.15) is 5.82 Å². The summed E-state index contributed by atoms with van der Waals surface area (Å²) in [6.45, 7) is 5.97. The predicted octanol–water partition coefficient (Wildman–Crippen LogP) is 3.53. The fourth-order valence-corrected chi connectivity index (χ4v) is 3.95. The van der Waals surface area contributed by atoms with Gasteiger partial charge >= 0.3 is 0 Å². The Bertz CT molecular complexity index is 1110. The lowest BCUT2D eigenvalue weighted by molar-refractivity contribution is -0.121. The molecule has 2 N–H and O–H groups in total. The molecule has 0 saturated heterocycles. The van der Waals surface area contributed by atoms with Gasteiger partial charge in [0.25, 0.3) is 0 Å². The molecule has 0 aliphatic heterocycles. The molecule has 2 aromatic heterocycles. The number of nitrogens with one attached hydrogen (secondary N) is 2. The first-order chi connectivity index (χ1) is 14.5. The monoisotopic (exact) mass is 421 g/mol. The summed E-state index contributed by atoms with van der Waals surface area (Å²) in [4.78, 5) is 21.0. The Balaban J connectivity index is 1.49. The van der Waals surface area contributed by atoms with Gasteiger partial charge in [0.05, 0.1) is 28.0 Å². The van der Waals surface area contributed by atoms with Crippen molar-refractivity contribution in [1.29, 1.82) is 0 Å². The van der Waals surface area contributed by atoms with Gasteiger partial charge in [-0.1, -0.05) is 55.9 Å². The standard InChI is InChI=1S/C21H23N7OS/c1-13(2)18(19-22-16-11-7-8-12-17(16)23-19)24-20(29)14(3)30-21-25-26-27-28(21)15-9-5-4-6-10-15/h4-14,18H,1-3H3,(H,22,23)(H,24,29)/t14-,18+/m0/s1. The van der Waals surface area contributed by atoms with Crippen molar-refractivity contribution in [3.63, 3.8) is 0 Å². The van der Waals surface area contributed by atoms with E-state index in [0.717, 1.165) is 22.5 Å². The maximum atomic E-state index is 13.0. The van der Waals surface area contributed by atoms with E-state index in [1.807, 2.05) is 61.5 Å². The molecule has 30 heavy (non-hydrogen) atoms. The maximum Gasteiger partial charge on any atom is 0.233 e. The number of hydrogen-bond donors (Lipinski definition) is 2. The van der Waals surface area contributed by atoms with Crippen molar-refractivity contribution >= 4 is 28.7 Å². The summed E-state index contributed by atoms with van der Waals surface area (Å²) in [6.07, 6.45) is 0. The third-order valence-corrected chi connectivity index (χ3v) is 5.79. The summed E-state index contributed by atoms with van der Waals surface area (Å²) in [5.74, 6) is 0.828. The zero-order chi connectivity index (χ0) is 21.1. The third kappa shape index (κ3) is 4.20. The second kappa shape index (κ2) is 8.66. The number of rotatable bonds is 7. The van der Waals surface area contributed by atoms with Crippen LogP contribution in [0.3, 0.4) is 0 Å². The van der Waals surface area contributed by atoms with Crippen molar-refractivity contribution < 1.29 is 4.79 Å². The van der Waals surface area contributed by atoms with E-state index in [-0.39, 0.29) is 23.1 Å². The zero-order valence-electron chi connectivity index (χ0n) is 17.0. The van der Waals surface area contributed by atoms with Crippen molar-refractivity contribution in [2.45, 2.75) is 37.2 Å². The fourth-order valence-electron chi connectivity index (χ4n) is 3.14. The van der Waals surface area contributed by atoms with E-state index in [2.05, 4.69) is 44.7 Å². The van der Waals surface area contributed by atoms with E-state index in [1.54, 1.807) is 4.68 Å². The molecule has 2 atom stereocenters. The Morgan fingerprint density at radius 3 is 2.53 bits per heavy atom. The number of aromatic nitrogens is 6. The number of benzene rings is 2. The van der Waals surface area contributed by atoms with Gasteiger partial charge < -0.3 is 10.3 Å². The summed E-state index contributed by atoms with van der Waals surface area (Å²) < 4.78 is 1.63. The minimum atomic E-state index is -0.385. The van der Waals surface area contributed by atoms with E-state index in [9.17, 15) is 4.79 Å². The van der Waals surface area contributed by atoms with Crippen LogP contribution < -0.4 is 5.32 Å². The lowest BCUT2D eigenvalue weighted by Crippen LogP contribution is -2.37. The molecular weight excluding hydrogens is 398 g/mol. The van der Waals surface area contributed by atoms with Crippen molar-refractivity contribution in [1.82, 2.24) is 35.5 Å². The van der Waals surface area contributed by atoms with Crippen LogP contribution in [-0.4, -0.2) is 41.3 Å². The molecule has 0 bridgehead atoms. The highest BCUT2D eigenvalue weighted by Gasteiger charge is 2.26. The highest BCUT2D eigenvalue weighted by atomic mass is 32.2. The number of carbonyl (C=O) groups excluding carboxylic acids is 1. The molecule has 1 amide bonds. The van der Waals surface area contributed by atoms with Gasteiger partial charge in [-0.3, -0.25) is 4.79 Å². The van der Waals surface area contributed by atoms with Gasteiger partial charge in [-0.2, -0.15) is 4.68 Å². The average Bonchev–Trinajstić information content (AvgIpc) is 3.38. The molecule has 8 nitrogen and oxygen atoms in total. The van der Waals surface area contributed by atoms with Gasteiger partial charge in [0.15, 0.2) is 0 Å². The molecule has 0 spiro atoms. The Labute approximate surface area is 178 Å². The van der Waals surface area contributed by atoms with Crippen LogP contribution in [0.2, 0.25) is 0 Å². The summed E-state index contributed by atoms with van der Waals surface area (Å²) in [5.41, 5.74) is 2.69. The minimum absolute atomic E-state index is 0.0956. The quantitative estimate of drug-likeness (QED) is 0.443. The normalized spacial score (nSPS) is 13.5. The number of fused-ring (bicyclic) bond motifs is 1. The molecule has 154 valence electrons. The molecule has 0 aliphatic rings. The number of carbonyl (C=O) groups is 1. The number of amides is 1. The number of aromatic amines is 1. The van der Waals surface area contributed by atoms with Crippen molar-refractivity contribution in [3.05, 3.63) is 60.4 Å². The number of imidazole rings is 1. The van der Waals surface area contributed by atoms with E-state index in [0.29, 0.717) is 5.16 Å². The Morgan fingerprint density at radius 1 is 1.07 bits per heavy atom. The minimum Gasteiger partial charge on any atom is -0.345 e. The zero-order valence-corrected chi connectivity index (χ0v) is 17.8. The number of hydrogen-bond acceptors (Lipinski definition) is 6. The molecule has 0 aliphatic carbocycles. The lowest BCUT2D eigenvalue weighted by Gasteiger charge is -2.22. The number of para-hydroxylation sites is 3. The largest absolute Gasteiger partial charge is 0.345 e. The van der Waals surface area contributed by atoms with Crippen LogP contribution in [0.5, 0.6) is 0 Å². The number of thioether (sulfide) groups is 1. The molecule has 2 aromatic carbocycles. The molecule has 4 aromatic rings. The van der Waals surface area contributed by atoms with Gasteiger partial charge in [0, 0.05) is 0 Å². The van der Waals surface area contributed by atoms with E-state index in [1.165, 1.54) is 11.8 Å². The SMILES string of the molecule is CC(C)[C@@H](NC(=O)[C@H](C)Sc1nnnn1-c1ccccc1)c1nc2ccccc2[nH]1. The molecule has 0 radical (unpaired) electrons. The Morgan fingerprint density at radius 2 is 1.80 bits per heavy atom. The van der Waals surface area contributed by atoms with Crippen molar-refractivity contribution in [2.75, 3.05) is 0 Å². The topological polar surface area (TPSA) is 101 Å². The first-order valence-corrected chi connectivity index (χ1v) is 10.7. The van der Waals surface area contributed by atoms with Crippen LogP contribution in [0, 0.1) is 5.92 Å². The Hall–Kier alpha value is -3.20. The molecule has 9 heteroatoms. The van der Waals surface area contributed by atoms with Crippen molar-refractivity contribution in [2.24, 2.45) is 5.92 Å². The maximum absolute atomic E-state index is 13.0. The highest BCUT2D eigenvalue weighted by Crippen LogP contribution is 2.26. The van der Waals surface area contributed by atoms with Crippen LogP contribution in [0.1, 0.15) is 32.6 Å². The highest BCUT2D eigenvalue weighted by molar-refractivity contribution is 8.00.